The standard InChI is InChI=1S/C12H10ClF2NO4/c13-7-4-9(15)8(14)3-6(7)11(17)16-1-2-20-10(5-16)12(18)19/h3-4,10H,1-2,5H2,(H,18,19). The molecule has 0 radical (unpaired) electrons. The molecule has 1 unspecified atom stereocenters. The van der Waals surface area contributed by atoms with E-state index in [-0.39, 0.29) is 30.3 Å². The zero-order valence-electron chi connectivity index (χ0n) is 10.1. The summed E-state index contributed by atoms with van der Waals surface area (Å²) < 4.78 is 31.1. The van der Waals surface area contributed by atoms with Crippen molar-refractivity contribution in [3.63, 3.8) is 0 Å². The lowest BCUT2D eigenvalue weighted by Gasteiger charge is -2.31. The van der Waals surface area contributed by atoms with Crippen molar-refractivity contribution in [2.75, 3.05) is 19.7 Å². The first-order valence-corrected chi connectivity index (χ1v) is 6.06. The molecule has 0 saturated carbocycles. The van der Waals surface area contributed by atoms with Gasteiger partial charge in [-0.3, -0.25) is 4.79 Å². The number of benzene rings is 1. The largest absolute Gasteiger partial charge is 0.479 e. The van der Waals surface area contributed by atoms with E-state index in [9.17, 15) is 18.4 Å². The molecule has 1 amide bonds. The average molecular weight is 306 g/mol. The zero-order valence-corrected chi connectivity index (χ0v) is 10.9. The van der Waals surface area contributed by atoms with Gasteiger partial charge in [-0.25, -0.2) is 13.6 Å². The molecule has 1 aromatic rings. The molecule has 1 N–H and O–H groups in total. The lowest BCUT2D eigenvalue weighted by molar-refractivity contribution is -0.154. The molecule has 108 valence electrons. The minimum atomic E-state index is -1.20. The van der Waals surface area contributed by atoms with Crippen LogP contribution >= 0.6 is 11.6 Å². The maximum atomic E-state index is 13.2. The maximum Gasteiger partial charge on any atom is 0.334 e. The third-order valence-electron chi connectivity index (χ3n) is 2.87. The Morgan fingerprint density at radius 3 is 2.65 bits per heavy atom. The van der Waals surface area contributed by atoms with Crippen molar-refractivity contribution in [3.05, 3.63) is 34.4 Å². The highest BCUT2D eigenvalue weighted by atomic mass is 35.5. The number of hydrogen-bond donors (Lipinski definition) is 1. The van der Waals surface area contributed by atoms with Gasteiger partial charge in [-0.15, -0.1) is 0 Å². The second-order valence-corrected chi connectivity index (χ2v) is 4.60. The van der Waals surface area contributed by atoms with Crippen molar-refractivity contribution < 1.29 is 28.2 Å². The molecule has 5 nitrogen and oxygen atoms in total. The predicted molar refractivity (Wildman–Crippen MR) is 64.6 cm³/mol. The summed E-state index contributed by atoms with van der Waals surface area (Å²) in [7, 11) is 0. The Morgan fingerprint density at radius 2 is 2.00 bits per heavy atom. The van der Waals surface area contributed by atoms with E-state index in [0.717, 1.165) is 0 Å². The van der Waals surface area contributed by atoms with E-state index in [2.05, 4.69) is 0 Å². The van der Waals surface area contributed by atoms with Crippen LogP contribution in [0.25, 0.3) is 0 Å². The number of morpholine rings is 1. The Labute approximate surface area is 117 Å². The number of aliphatic carboxylic acids is 1. The summed E-state index contributed by atoms with van der Waals surface area (Å²) in [5, 5.41) is 8.62. The minimum absolute atomic E-state index is 0.0456. The summed E-state index contributed by atoms with van der Waals surface area (Å²) in [4.78, 5) is 24.2. The summed E-state index contributed by atoms with van der Waals surface area (Å²) in [6, 6.07) is 1.41. The summed E-state index contributed by atoms with van der Waals surface area (Å²) in [5.41, 5.74) is -0.211. The van der Waals surface area contributed by atoms with Crippen LogP contribution in [0, 0.1) is 11.6 Å². The molecular weight excluding hydrogens is 296 g/mol. The Bertz CT molecular complexity index is 567. The van der Waals surface area contributed by atoms with Gasteiger partial charge in [0.25, 0.3) is 5.91 Å². The van der Waals surface area contributed by atoms with Crippen molar-refractivity contribution in [2.24, 2.45) is 0 Å². The third kappa shape index (κ3) is 2.88. The quantitative estimate of drug-likeness (QED) is 0.842. The van der Waals surface area contributed by atoms with E-state index in [1.165, 1.54) is 4.90 Å². The molecule has 0 aromatic heterocycles. The molecule has 1 aliphatic heterocycles. The molecule has 8 heteroatoms. The summed E-state index contributed by atoms with van der Waals surface area (Å²) in [6.45, 7) is 0.0193. The number of carbonyl (C=O) groups excluding carboxylic acids is 1. The molecule has 1 atom stereocenters. The Hall–Kier alpha value is -1.73. The first-order valence-electron chi connectivity index (χ1n) is 5.68. The fraction of sp³-hybridized carbons (Fsp3) is 0.333. The number of halogens is 3. The van der Waals surface area contributed by atoms with Crippen molar-refractivity contribution in [1.29, 1.82) is 0 Å². The van der Waals surface area contributed by atoms with E-state index >= 15 is 0 Å². The van der Waals surface area contributed by atoms with Gasteiger partial charge in [-0.1, -0.05) is 11.6 Å². The molecule has 0 bridgehead atoms. The van der Waals surface area contributed by atoms with Gasteiger partial charge in [-0.05, 0) is 12.1 Å². The van der Waals surface area contributed by atoms with Crippen LogP contribution in [0.3, 0.4) is 0 Å². The van der Waals surface area contributed by atoms with E-state index in [1.807, 2.05) is 0 Å². The van der Waals surface area contributed by atoms with Crippen LogP contribution in [-0.2, 0) is 9.53 Å². The highest BCUT2D eigenvalue weighted by Gasteiger charge is 2.30. The fourth-order valence-corrected chi connectivity index (χ4v) is 2.07. The summed E-state index contributed by atoms with van der Waals surface area (Å²) in [5.74, 6) is -4.21. The van der Waals surface area contributed by atoms with Crippen molar-refractivity contribution >= 4 is 23.5 Å². The SMILES string of the molecule is O=C(O)C1CN(C(=O)c2cc(F)c(F)cc2Cl)CCO1. The molecule has 0 spiro atoms. The van der Waals surface area contributed by atoms with Crippen LogP contribution in [0.4, 0.5) is 8.78 Å². The highest BCUT2D eigenvalue weighted by Crippen LogP contribution is 2.22. The van der Waals surface area contributed by atoms with Gasteiger partial charge in [0.1, 0.15) is 0 Å². The second-order valence-electron chi connectivity index (χ2n) is 4.20. The van der Waals surface area contributed by atoms with Gasteiger partial charge in [0.2, 0.25) is 0 Å². The van der Waals surface area contributed by atoms with E-state index in [1.54, 1.807) is 0 Å². The van der Waals surface area contributed by atoms with Gasteiger partial charge < -0.3 is 14.7 Å². The molecule has 1 aromatic carbocycles. The van der Waals surface area contributed by atoms with Gasteiger partial charge in [-0.2, -0.15) is 0 Å². The topological polar surface area (TPSA) is 66.8 Å². The number of carboxylic acids is 1. The summed E-state index contributed by atoms with van der Waals surface area (Å²) in [6.07, 6.45) is -1.14. The molecule has 1 aliphatic rings. The van der Waals surface area contributed by atoms with Gasteiger partial charge >= 0.3 is 5.97 Å². The number of carbonyl (C=O) groups is 2. The minimum Gasteiger partial charge on any atom is -0.479 e. The number of amides is 1. The Balaban J connectivity index is 2.23. The lowest BCUT2D eigenvalue weighted by Crippen LogP contribution is -2.48. The van der Waals surface area contributed by atoms with Gasteiger partial charge in [0.15, 0.2) is 17.7 Å². The van der Waals surface area contributed by atoms with Crippen LogP contribution < -0.4 is 0 Å². The molecule has 1 heterocycles. The zero-order chi connectivity index (χ0) is 14.9. The highest BCUT2D eigenvalue weighted by molar-refractivity contribution is 6.33. The molecule has 1 saturated heterocycles. The molecule has 0 aliphatic carbocycles. The van der Waals surface area contributed by atoms with Gasteiger partial charge in [0, 0.05) is 6.54 Å². The molecule has 20 heavy (non-hydrogen) atoms. The Kier molecular flexibility index (Phi) is 4.20. The third-order valence-corrected chi connectivity index (χ3v) is 3.18. The average Bonchev–Trinajstić information content (AvgIpc) is 2.42. The predicted octanol–water partition coefficient (Wildman–Crippen LogP) is 1.54. The first kappa shape index (κ1) is 14.7. The van der Waals surface area contributed by atoms with Crippen molar-refractivity contribution in [1.82, 2.24) is 4.90 Å². The monoisotopic (exact) mass is 305 g/mol. The number of rotatable bonds is 2. The Morgan fingerprint density at radius 1 is 1.35 bits per heavy atom. The van der Waals surface area contributed by atoms with Crippen LogP contribution in [0.15, 0.2) is 12.1 Å². The number of nitrogens with zero attached hydrogens (tertiary/aromatic N) is 1. The number of carboxylic acid groups (broad SMARTS) is 1. The van der Waals surface area contributed by atoms with Crippen LogP contribution in [0.1, 0.15) is 10.4 Å². The van der Waals surface area contributed by atoms with E-state index < -0.39 is 29.6 Å². The van der Waals surface area contributed by atoms with Crippen molar-refractivity contribution in [3.8, 4) is 0 Å². The van der Waals surface area contributed by atoms with Gasteiger partial charge in [0.05, 0.1) is 23.7 Å². The number of ether oxygens (including phenoxy) is 1. The molecular formula is C12H10ClF2NO4. The first-order chi connectivity index (χ1) is 9.40. The molecule has 2 rings (SSSR count). The number of hydrogen-bond acceptors (Lipinski definition) is 3. The van der Waals surface area contributed by atoms with Crippen LogP contribution in [0.2, 0.25) is 5.02 Å². The molecule has 1 fully saturated rings. The lowest BCUT2D eigenvalue weighted by atomic mass is 10.1. The van der Waals surface area contributed by atoms with E-state index in [0.29, 0.717) is 12.1 Å². The fourth-order valence-electron chi connectivity index (χ4n) is 1.84. The van der Waals surface area contributed by atoms with E-state index in [4.69, 9.17) is 21.4 Å². The van der Waals surface area contributed by atoms with Crippen LogP contribution in [0.5, 0.6) is 0 Å². The maximum absolute atomic E-state index is 13.2. The smallest absolute Gasteiger partial charge is 0.334 e. The summed E-state index contributed by atoms with van der Waals surface area (Å²) >= 11 is 5.71. The second kappa shape index (κ2) is 5.72. The van der Waals surface area contributed by atoms with Crippen LogP contribution in [-0.4, -0.2) is 47.7 Å². The normalized spacial score (nSPS) is 18.9. The van der Waals surface area contributed by atoms with Crippen molar-refractivity contribution in [2.45, 2.75) is 6.10 Å².